The van der Waals surface area contributed by atoms with Crippen molar-refractivity contribution in [3.63, 3.8) is 0 Å². The average Bonchev–Trinajstić information content (AvgIpc) is 3.22. The van der Waals surface area contributed by atoms with Gasteiger partial charge in [0.2, 0.25) is 0 Å². The third kappa shape index (κ3) is 44.7. The molecule has 6 nitrogen and oxygen atoms in total. The summed E-state index contributed by atoms with van der Waals surface area (Å²) < 4.78 is 16.8. The molecule has 6 heteroatoms. The van der Waals surface area contributed by atoms with Crippen LogP contribution in [0.3, 0.4) is 0 Å². The standard InChI is InChI=1S/C52H94O6/c1-4-7-10-13-16-19-22-25-26-27-28-31-33-36-39-42-45-51(54)57-48-49(58-52(55)46-43-40-37-34-30-24-21-18-15-12-9-6-3)47-56-50(53)44-41-38-35-32-29-23-20-17-14-11-8-5-2/h7,10,16,19,25-26,49H,4-6,8-9,11-15,17-18,20-24,27-48H2,1-3H3/b10-7-,19-16-,26-25-. The van der Waals surface area contributed by atoms with Crippen molar-refractivity contribution in [1.82, 2.24) is 0 Å². The number of carbonyl (C=O) groups is 3. The van der Waals surface area contributed by atoms with E-state index < -0.39 is 6.10 Å². The first-order valence-electron chi connectivity index (χ1n) is 25.0. The molecule has 0 radical (unpaired) electrons. The van der Waals surface area contributed by atoms with E-state index >= 15 is 0 Å². The molecule has 0 aromatic rings. The van der Waals surface area contributed by atoms with E-state index in [4.69, 9.17) is 14.2 Å². The second-order valence-corrected chi connectivity index (χ2v) is 16.7. The highest BCUT2D eigenvalue weighted by Gasteiger charge is 2.19. The van der Waals surface area contributed by atoms with Gasteiger partial charge in [0.05, 0.1) is 0 Å². The molecule has 0 fully saturated rings. The molecule has 0 aliphatic heterocycles. The Bertz CT molecular complexity index is 984. The van der Waals surface area contributed by atoms with Gasteiger partial charge in [-0.2, -0.15) is 0 Å². The summed E-state index contributed by atoms with van der Waals surface area (Å²) in [5.74, 6) is -0.877. The van der Waals surface area contributed by atoms with Gasteiger partial charge >= 0.3 is 17.9 Å². The lowest BCUT2D eigenvalue weighted by atomic mass is 10.0. The second kappa shape index (κ2) is 47.3. The molecule has 0 aromatic carbocycles. The molecule has 0 saturated carbocycles. The fourth-order valence-electron chi connectivity index (χ4n) is 7.16. The number of allylic oxidation sites excluding steroid dienone is 6. The Morgan fingerprint density at radius 1 is 0.362 bits per heavy atom. The molecule has 0 spiro atoms. The van der Waals surface area contributed by atoms with E-state index in [1.54, 1.807) is 0 Å². The van der Waals surface area contributed by atoms with Gasteiger partial charge in [0.15, 0.2) is 6.10 Å². The maximum absolute atomic E-state index is 12.7. The van der Waals surface area contributed by atoms with Crippen LogP contribution in [0.5, 0.6) is 0 Å². The van der Waals surface area contributed by atoms with Gasteiger partial charge < -0.3 is 14.2 Å². The Morgan fingerprint density at radius 2 is 0.672 bits per heavy atom. The molecule has 0 aliphatic rings. The van der Waals surface area contributed by atoms with Crippen LogP contribution in [0.2, 0.25) is 0 Å². The van der Waals surface area contributed by atoms with Crippen LogP contribution < -0.4 is 0 Å². The Kier molecular flexibility index (Phi) is 45.4. The molecule has 0 aliphatic carbocycles. The summed E-state index contributed by atoms with van der Waals surface area (Å²) in [4.78, 5) is 37.9. The van der Waals surface area contributed by atoms with Crippen molar-refractivity contribution in [2.45, 2.75) is 264 Å². The lowest BCUT2D eigenvalue weighted by Crippen LogP contribution is -2.30. The van der Waals surface area contributed by atoms with Gasteiger partial charge in [-0.05, 0) is 51.4 Å². The minimum atomic E-state index is -0.771. The van der Waals surface area contributed by atoms with E-state index in [9.17, 15) is 14.4 Å². The number of rotatable bonds is 45. The maximum Gasteiger partial charge on any atom is 0.306 e. The van der Waals surface area contributed by atoms with E-state index in [2.05, 4.69) is 57.2 Å². The van der Waals surface area contributed by atoms with E-state index in [1.165, 1.54) is 135 Å². The average molecular weight is 815 g/mol. The topological polar surface area (TPSA) is 78.9 Å². The lowest BCUT2D eigenvalue weighted by Gasteiger charge is -2.18. The molecule has 0 bridgehead atoms. The van der Waals surface area contributed by atoms with Gasteiger partial charge in [0.1, 0.15) is 13.2 Å². The molecule has 1 unspecified atom stereocenters. The molecule has 0 saturated heterocycles. The van der Waals surface area contributed by atoms with Crippen LogP contribution in [-0.2, 0) is 28.6 Å². The normalized spacial score (nSPS) is 12.3. The summed E-state index contributed by atoms with van der Waals surface area (Å²) in [5.41, 5.74) is 0. The third-order valence-electron chi connectivity index (χ3n) is 10.9. The Morgan fingerprint density at radius 3 is 1.05 bits per heavy atom. The van der Waals surface area contributed by atoms with Crippen molar-refractivity contribution in [3.8, 4) is 0 Å². The minimum absolute atomic E-state index is 0.0723. The number of carbonyl (C=O) groups excluding carboxylic acids is 3. The molecule has 0 amide bonds. The highest BCUT2D eigenvalue weighted by atomic mass is 16.6. The summed E-state index contributed by atoms with van der Waals surface area (Å²) in [6, 6.07) is 0. The Labute approximate surface area is 359 Å². The van der Waals surface area contributed by atoms with Crippen molar-refractivity contribution < 1.29 is 28.6 Å². The van der Waals surface area contributed by atoms with Crippen molar-refractivity contribution in [2.24, 2.45) is 0 Å². The van der Waals surface area contributed by atoms with E-state index in [0.717, 1.165) is 83.5 Å². The smallest absolute Gasteiger partial charge is 0.306 e. The van der Waals surface area contributed by atoms with Crippen LogP contribution in [-0.4, -0.2) is 37.2 Å². The summed E-state index contributed by atoms with van der Waals surface area (Å²) in [7, 11) is 0. The molecule has 338 valence electrons. The summed E-state index contributed by atoms with van der Waals surface area (Å²) in [6.45, 7) is 6.52. The van der Waals surface area contributed by atoms with Gasteiger partial charge in [-0.3, -0.25) is 14.4 Å². The zero-order chi connectivity index (χ0) is 42.3. The second-order valence-electron chi connectivity index (χ2n) is 16.7. The van der Waals surface area contributed by atoms with Crippen LogP contribution >= 0.6 is 0 Å². The largest absolute Gasteiger partial charge is 0.462 e. The predicted octanol–water partition coefficient (Wildman–Crippen LogP) is 16.1. The van der Waals surface area contributed by atoms with E-state index in [0.29, 0.717) is 19.3 Å². The lowest BCUT2D eigenvalue weighted by molar-refractivity contribution is -0.167. The van der Waals surface area contributed by atoms with Gasteiger partial charge in [-0.25, -0.2) is 0 Å². The molecular formula is C52H94O6. The number of esters is 3. The van der Waals surface area contributed by atoms with Crippen LogP contribution in [0.25, 0.3) is 0 Å². The van der Waals surface area contributed by atoms with Crippen molar-refractivity contribution in [1.29, 1.82) is 0 Å². The maximum atomic E-state index is 12.7. The van der Waals surface area contributed by atoms with Crippen LogP contribution in [0, 0.1) is 0 Å². The van der Waals surface area contributed by atoms with Crippen molar-refractivity contribution in [2.75, 3.05) is 13.2 Å². The number of unbranched alkanes of at least 4 members (excludes halogenated alkanes) is 28. The third-order valence-corrected chi connectivity index (χ3v) is 10.9. The molecular weight excluding hydrogens is 721 g/mol. The number of hydrogen-bond donors (Lipinski definition) is 0. The SMILES string of the molecule is CC/C=C\C/C=C\C/C=C\CCCCCCCCC(=O)OCC(COC(=O)CCCCCCCCCCCCCC)OC(=O)CCCCCCCCCCCCCC. The van der Waals surface area contributed by atoms with Crippen LogP contribution in [0.1, 0.15) is 258 Å². The first-order valence-corrected chi connectivity index (χ1v) is 25.0. The van der Waals surface area contributed by atoms with Crippen LogP contribution in [0.4, 0.5) is 0 Å². The number of ether oxygens (including phenoxy) is 3. The quantitative estimate of drug-likeness (QED) is 0.0264. The summed E-state index contributed by atoms with van der Waals surface area (Å²) >= 11 is 0. The molecule has 0 rings (SSSR count). The molecule has 58 heavy (non-hydrogen) atoms. The highest BCUT2D eigenvalue weighted by molar-refractivity contribution is 5.71. The zero-order valence-electron chi connectivity index (χ0n) is 38.6. The van der Waals surface area contributed by atoms with Gasteiger partial charge in [-0.1, -0.05) is 224 Å². The molecule has 1 atom stereocenters. The monoisotopic (exact) mass is 815 g/mol. The highest BCUT2D eigenvalue weighted by Crippen LogP contribution is 2.15. The van der Waals surface area contributed by atoms with Gasteiger partial charge in [0, 0.05) is 19.3 Å². The minimum Gasteiger partial charge on any atom is -0.462 e. The zero-order valence-corrected chi connectivity index (χ0v) is 38.6. The molecule has 0 heterocycles. The van der Waals surface area contributed by atoms with Crippen molar-refractivity contribution in [3.05, 3.63) is 36.5 Å². The van der Waals surface area contributed by atoms with Crippen molar-refractivity contribution >= 4 is 17.9 Å². The first kappa shape index (κ1) is 55.6. The van der Waals surface area contributed by atoms with E-state index in [1.807, 2.05) is 0 Å². The summed E-state index contributed by atoms with van der Waals surface area (Å²) in [5, 5.41) is 0. The predicted molar refractivity (Wildman–Crippen MR) is 247 cm³/mol. The van der Waals surface area contributed by atoms with Crippen LogP contribution in [0.15, 0.2) is 36.5 Å². The Hall–Kier alpha value is -2.37. The van der Waals surface area contributed by atoms with Gasteiger partial charge in [0.25, 0.3) is 0 Å². The molecule has 0 N–H and O–H groups in total. The number of hydrogen-bond acceptors (Lipinski definition) is 6. The van der Waals surface area contributed by atoms with E-state index in [-0.39, 0.29) is 31.1 Å². The fourth-order valence-corrected chi connectivity index (χ4v) is 7.16. The Balaban J connectivity index is 4.35. The summed E-state index contributed by atoms with van der Waals surface area (Å²) in [6.07, 6.45) is 54.1. The first-order chi connectivity index (χ1) is 28.5. The fraction of sp³-hybridized carbons (Fsp3) is 0.827. The molecule has 0 aromatic heterocycles. The van der Waals surface area contributed by atoms with Gasteiger partial charge in [-0.15, -0.1) is 0 Å².